The van der Waals surface area contributed by atoms with E-state index in [0.29, 0.717) is 5.75 Å². The highest BCUT2D eigenvalue weighted by molar-refractivity contribution is 5.32. The van der Waals surface area contributed by atoms with Crippen molar-refractivity contribution in [3.8, 4) is 5.75 Å². The number of aliphatic hydroxyl groups is 5. The first-order valence-corrected chi connectivity index (χ1v) is 6.13. The fourth-order valence-electron chi connectivity index (χ4n) is 2.24. The number of rotatable bonds is 3. The average molecular weight is 286 g/mol. The molecule has 1 saturated heterocycles. The number of ether oxygens (including phenoxy) is 2. The summed E-state index contributed by atoms with van der Waals surface area (Å²) in [5.41, 5.74) is 0.147. The second-order valence-electron chi connectivity index (χ2n) is 4.69. The summed E-state index contributed by atoms with van der Waals surface area (Å²) >= 11 is 0. The number of aliphatic hydroxyl groups excluding tert-OH is 4. The minimum atomic E-state index is -2.25. The van der Waals surface area contributed by atoms with Gasteiger partial charge < -0.3 is 35.0 Å². The lowest BCUT2D eigenvalue weighted by atomic mass is 9.88. The van der Waals surface area contributed by atoms with Gasteiger partial charge in [-0.05, 0) is 12.1 Å². The van der Waals surface area contributed by atoms with Gasteiger partial charge in [0.05, 0.1) is 13.7 Å². The van der Waals surface area contributed by atoms with Crippen LogP contribution in [0.2, 0.25) is 0 Å². The van der Waals surface area contributed by atoms with Crippen molar-refractivity contribution in [1.82, 2.24) is 0 Å². The molecule has 112 valence electrons. The van der Waals surface area contributed by atoms with Gasteiger partial charge in [0.2, 0.25) is 5.79 Å². The Morgan fingerprint density at radius 3 is 2.55 bits per heavy atom. The van der Waals surface area contributed by atoms with Crippen molar-refractivity contribution in [3.05, 3.63) is 29.8 Å². The fourth-order valence-corrected chi connectivity index (χ4v) is 2.24. The number of methoxy groups -OCH3 is 1. The van der Waals surface area contributed by atoms with E-state index >= 15 is 0 Å². The van der Waals surface area contributed by atoms with E-state index in [4.69, 9.17) is 14.6 Å². The van der Waals surface area contributed by atoms with Crippen LogP contribution in [0, 0.1) is 0 Å². The minimum Gasteiger partial charge on any atom is -0.497 e. The van der Waals surface area contributed by atoms with Crippen LogP contribution in [-0.2, 0) is 10.5 Å². The van der Waals surface area contributed by atoms with Crippen molar-refractivity contribution < 1.29 is 35.0 Å². The first-order chi connectivity index (χ1) is 9.43. The molecule has 0 aliphatic carbocycles. The van der Waals surface area contributed by atoms with E-state index in [1.807, 2.05) is 0 Å². The van der Waals surface area contributed by atoms with Gasteiger partial charge in [-0.25, -0.2) is 0 Å². The van der Waals surface area contributed by atoms with Gasteiger partial charge in [0, 0.05) is 5.56 Å². The molecule has 1 heterocycles. The largest absolute Gasteiger partial charge is 0.497 e. The Morgan fingerprint density at radius 1 is 1.25 bits per heavy atom. The minimum absolute atomic E-state index is 0.147. The summed E-state index contributed by atoms with van der Waals surface area (Å²) in [5, 5.41) is 49.1. The van der Waals surface area contributed by atoms with Crippen LogP contribution in [0.25, 0.3) is 0 Å². The van der Waals surface area contributed by atoms with Gasteiger partial charge in [-0.3, -0.25) is 0 Å². The highest BCUT2D eigenvalue weighted by Crippen LogP contribution is 2.37. The summed E-state index contributed by atoms with van der Waals surface area (Å²) in [5.74, 6) is -1.83. The summed E-state index contributed by atoms with van der Waals surface area (Å²) < 4.78 is 10.2. The van der Waals surface area contributed by atoms with E-state index in [1.165, 1.54) is 19.2 Å². The van der Waals surface area contributed by atoms with E-state index < -0.39 is 36.8 Å². The normalized spacial score (nSPS) is 37.7. The summed E-state index contributed by atoms with van der Waals surface area (Å²) in [4.78, 5) is 0. The van der Waals surface area contributed by atoms with Gasteiger partial charge in [-0.2, -0.15) is 0 Å². The Bertz CT molecular complexity index is 464. The molecule has 1 fully saturated rings. The van der Waals surface area contributed by atoms with Gasteiger partial charge in [0.1, 0.15) is 30.2 Å². The van der Waals surface area contributed by atoms with Crippen LogP contribution >= 0.6 is 0 Å². The standard InChI is InChI=1S/C13H18O7/c1-19-8-4-2-3-7(5-8)13(18)12(17)11(16)10(15)9(6-14)20-13/h2-5,9-12,14-18H,6H2,1H3/t9-,10-,11+,12-,13?/m1/s1. The molecule has 0 bridgehead atoms. The number of hydrogen-bond acceptors (Lipinski definition) is 7. The first kappa shape index (κ1) is 15.2. The summed E-state index contributed by atoms with van der Waals surface area (Å²) in [6.45, 7) is -0.614. The molecule has 7 heteroatoms. The maximum atomic E-state index is 10.5. The highest BCUT2D eigenvalue weighted by Gasteiger charge is 2.53. The molecule has 5 N–H and O–H groups in total. The Hall–Kier alpha value is -1.22. The summed E-state index contributed by atoms with van der Waals surface area (Å²) in [7, 11) is 1.44. The second kappa shape index (κ2) is 5.65. The third-order valence-electron chi connectivity index (χ3n) is 3.45. The molecule has 20 heavy (non-hydrogen) atoms. The number of benzene rings is 1. The van der Waals surface area contributed by atoms with Crippen LogP contribution in [0.1, 0.15) is 5.56 Å². The van der Waals surface area contributed by atoms with Crippen molar-refractivity contribution in [3.63, 3.8) is 0 Å². The lowest BCUT2D eigenvalue weighted by molar-refractivity contribution is -0.357. The Kier molecular flexibility index (Phi) is 4.28. The SMILES string of the molecule is COc1cccc(C2(O)O[C@H](CO)[C@@H](O)[C@H](O)[C@H]2O)c1. The quantitative estimate of drug-likeness (QED) is 0.450. The van der Waals surface area contributed by atoms with Crippen LogP contribution in [0.5, 0.6) is 5.75 Å². The predicted octanol–water partition coefficient (Wildman–Crippen LogP) is -1.69. The molecule has 1 aromatic rings. The molecular weight excluding hydrogens is 268 g/mol. The zero-order valence-corrected chi connectivity index (χ0v) is 10.9. The van der Waals surface area contributed by atoms with Crippen LogP contribution in [-0.4, -0.2) is 63.7 Å². The maximum Gasteiger partial charge on any atom is 0.222 e. The third kappa shape index (κ3) is 2.39. The topological polar surface area (TPSA) is 120 Å². The molecule has 5 atom stereocenters. The zero-order valence-electron chi connectivity index (χ0n) is 10.9. The molecule has 1 aromatic carbocycles. The smallest absolute Gasteiger partial charge is 0.222 e. The molecule has 1 aliphatic heterocycles. The van der Waals surface area contributed by atoms with E-state index in [1.54, 1.807) is 12.1 Å². The molecule has 1 unspecified atom stereocenters. The number of hydrogen-bond donors (Lipinski definition) is 5. The van der Waals surface area contributed by atoms with Crippen LogP contribution in [0.15, 0.2) is 24.3 Å². The van der Waals surface area contributed by atoms with Crippen molar-refractivity contribution in [1.29, 1.82) is 0 Å². The van der Waals surface area contributed by atoms with Gasteiger partial charge >= 0.3 is 0 Å². The third-order valence-corrected chi connectivity index (χ3v) is 3.45. The summed E-state index contributed by atoms with van der Waals surface area (Å²) in [6, 6.07) is 6.12. The molecule has 1 aliphatic rings. The second-order valence-corrected chi connectivity index (χ2v) is 4.69. The molecular formula is C13H18O7. The monoisotopic (exact) mass is 286 g/mol. The van der Waals surface area contributed by atoms with Gasteiger partial charge in [-0.15, -0.1) is 0 Å². The Balaban J connectivity index is 2.40. The highest BCUT2D eigenvalue weighted by atomic mass is 16.7. The Labute approximate surface area is 115 Å². The van der Waals surface area contributed by atoms with Crippen molar-refractivity contribution in [2.75, 3.05) is 13.7 Å². The fraction of sp³-hybridized carbons (Fsp3) is 0.538. The van der Waals surface area contributed by atoms with Gasteiger partial charge in [0.15, 0.2) is 0 Å². The lowest BCUT2D eigenvalue weighted by Crippen LogP contribution is -2.63. The van der Waals surface area contributed by atoms with Gasteiger partial charge in [-0.1, -0.05) is 12.1 Å². The molecule has 0 saturated carbocycles. The molecule has 0 aromatic heterocycles. The lowest BCUT2D eigenvalue weighted by Gasteiger charge is -2.45. The molecule has 0 spiro atoms. The van der Waals surface area contributed by atoms with E-state index in [-0.39, 0.29) is 5.56 Å². The van der Waals surface area contributed by atoms with Crippen molar-refractivity contribution in [2.45, 2.75) is 30.2 Å². The molecule has 7 nitrogen and oxygen atoms in total. The Morgan fingerprint density at radius 2 is 1.95 bits per heavy atom. The first-order valence-electron chi connectivity index (χ1n) is 6.13. The van der Waals surface area contributed by atoms with E-state index in [0.717, 1.165) is 0 Å². The van der Waals surface area contributed by atoms with Crippen LogP contribution in [0.4, 0.5) is 0 Å². The molecule has 2 rings (SSSR count). The van der Waals surface area contributed by atoms with Crippen molar-refractivity contribution in [2.24, 2.45) is 0 Å². The average Bonchev–Trinajstić information content (AvgIpc) is 2.49. The van der Waals surface area contributed by atoms with Crippen LogP contribution < -0.4 is 4.74 Å². The predicted molar refractivity (Wildman–Crippen MR) is 66.9 cm³/mol. The maximum absolute atomic E-state index is 10.5. The van der Waals surface area contributed by atoms with E-state index in [9.17, 15) is 20.4 Å². The van der Waals surface area contributed by atoms with Gasteiger partial charge in [0.25, 0.3) is 0 Å². The molecule has 0 amide bonds. The zero-order chi connectivity index (χ0) is 14.9. The van der Waals surface area contributed by atoms with E-state index in [2.05, 4.69) is 0 Å². The van der Waals surface area contributed by atoms with Crippen molar-refractivity contribution >= 4 is 0 Å². The molecule has 0 radical (unpaired) electrons. The summed E-state index contributed by atoms with van der Waals surface area (Å²) in [6.07, 6.45) is -6.14. The van der Waals surface area contributed by atoms with Crippen LogP contribution in [0.3, 0.4) is 0 Å².